The molecular weight excluding hydrogens is 350 g/mol. The van der Waals surface area contributed by atoms with Crippen LogP contribution in [0.1, 0.15) is 68.2 Å². The fraction of sp³-hybridized carbons (Fsp3) is 0.667. The van der Waals surface area contributed by atoms with E-state index in [1.165, 1.54) is 36.9 Å². The van der Waals surface area contributed by atoms with E-state index in [0.29, 0.717) is 12.6 Å². The molecule has 1 fully saturated rings. The largest absolute Gasteiger partial charge is 0.357 e. The van der Waals surface area contributed by atoms with Crippen molar-refractivity contribution in [2.24, 2.45) is 12.0 Å². The van der Waals surface area contributed by atoms with Gasteiger partial charge < -0.3 is 10.6 Å². The van der Waals surface area contributed by atoms with E-state index in [4.69, 9.17) is 10.1 Å². The van der Waals surface area contributed by atoms with Crippen LogP contribution >= 0.6 is 0 Å². The molecule has 0 bridgehead atoms. The summed E-state index contributed by atoms with van der Waals surface area (Å²) in [5.41, 5.74) is 4.67. The first kappa shape index (κ1) is 20.4. The van der Waals surface area contributed by atoms with E-state index in [2.05, 4.69) is 60.4 Å². The molecule has 2 aromatic heterocycles. The summed E-state index contributed by atoms with van der Waals surface area (Å²) in [6, 6.07) is 2.93. The van der Waals surface area contributed by atoms with Gasteiger partial charge in [0.25, 0.3) is 0 Å². The van der Waals surface area contributed by atoms with Crippen LogP contribution in [0.15, 0.2) is 17.3 Å². The molecule has 1 saturated carbocycles. The third-order valence-corrected chi connectivity index (χ3v) is 5.66. The van der Waals surface area contributed by atoms with Gasteiger partial charge in [-0.25, -0.2) is 4.99 Å². The minimum Gasteiger partial charge on any atom is -0.357 e. The Morgan fingerprint density at radius 2 is 2.04 bits per heavy atom. The highest BCUT2D eigenvalue weighted by atomic mass is 15.3. The number of nitrogens with zero attached hydrogens (tertiary/aromatic N) is 5. The topological polar surface area (TPSA) is 72.1 Å². The highest BCUT2D eigenvalue weighted by Gasteiger charge is 2.17. The van der Waals surface area contributed by atoms with E-state index in [-0.39, 0.29) is 6.04 Å². The van der Waals surface area contributed by atoms with Gasteiger partial charge in [-0.3, -0.25) is 9.36 Å². The maximum atomic E-state index is 4.75. The van der Waals surface area contributed by atoms with Gasteiger partial charge in [0, 0.05) is 31.5 Å². The third-order valence-electron chi connectivity index (χ3n) is 5.66. The van der Waals surface area contributed by atoms with Crippen molar-refractivity contribution in [2.75, 3.05) is 6.54 Å². The third kappa shape index (κ3) is 4.94. The lowest BCUT2D eigenvalue weighted by molar-refractivity contribution is 0.463. The highest BCUT2D eigenvalue weighted by molar-refractivity contribution is 5.80. The Hall–Kier alpha value is -2.31. The fourth-order valence-corrected chi connectivity index (χ4v) is 4.02. The second kappa shape index (κ2) is 9.26. The Labute approximate surface area is 168 Å². The zero-order valence-corrected chi connectivity index (χ0v) is 18.0. The molecule has 2 heterocycles. The number of guanidine groups is 1. The van der Waals surface area contributed by atoms with Gasteiger partial charge in [-0.15, -0.1) is 0 Å². The van der Waals surface area contributed by atoms with E-state index in [1.54, 1.807) is 0 Å². The van der Waals surface area contributed by atoms with E-state index in [0.717, 1.165) is 30.3 Å². The smallest absolute Gasteiger partial charge is 0.191 e. The molecule has 1 aliphatic carbocycles. The average molecular weight is 386 g/mol. The minimum absolute atomic E-state index is 0.260. The lowest BCUT2D eigenvalue weighted by Gasteiger charge is -2.18. The molecule has 0 radical (unpaired) electrons. The molecule has 28 heavy (non-hydrogen) atoms. The highest BCUT2D eigenvalue weighted by Crippen LogP contribution is 2.28. The van der Waals surface area contributed by atoms with Crippen LogP contribution in [0.5, 0.6) is 0 Å². The summed E-state index contributed by atoms with van der Waals surface area (Å²) in [6.07, 6.45) is 8.17. The molecule has 0 amide bonds. The summed E-state index contributed by atoms with van der Waals surface area (Å²) in [6.45, 7) is 9.91. The molecule has 2 aromatic rings. The van der Waals surface area contributed by atoms with Crippen molar-refractivity contribution in [3.63, 3.8) is 0 Å². The van der Waals surface area contributed by atoms with Gasteiger partial charge >= 0.3 is 0 Å². The van der Waals surface area contributed by atoms with Gasteiger partial charge in [0.15, 0.2) is 5.96 Å². The molecule has 1 atom stereocenters. The lowest BCUT2D eigenvalue weighted by Crippen LogP contribution is -2.43. The number of hydrogen-bond acceptors (Lipinski definition) is 3. The van der Waals surface area contributed by atoms with Gasteiger partial charge in [-0.05, 0) is 58.6 Å². The predicted molar refractivity (Wildman–Crippen MR) is 114 cm³/mol. The Bertz CT molecular complexity index is 796. The van der Waals surface area contributed by atoms with E-state index >= 15 is 0 Å². The molecule has 0 saturated heterocycles. The summed E-state index contributed by atoms with van der Waals surface area (Å²) >= 11 is 0. The molecule has 3 rings (SSSR count). The van der Waals surface area contributed by atoms with Crippen molar-refractivity contribution in [2.45, 2.75) is 78.4 Å². The standard InChI is InChI=1S/C21H35N7/c1-6-22-21(24-15(2)13-20-16(3)25-27(5)17(20)4)23-14-18-11-12-28(26-18)19-9-7-8-10-19/h11-12,15,19H,6-10,13-14H2,1-5H3,(H2,22,23,24). The van der Waals surface area contributed by atoms with Gasteiger partial charge in [0.1, 0.15) is 0 Å². The number of aryl methyl sites for hydroxylation is 2. The normalized spacial score (nSPS) is 16.5. The first-order valence-electron chi connectivity index (χ1n) is 10.6. The summed E-state index contributed by atoms with van der Waals surface area (Å²) in [5.74, 6) is 0.838. The van der Waals surface area contributed by atoms with E-state index in [1.807, 2.05) is 11.7 Å². The van der Waals surface area contributed by atoms with E-state index in [9.17, 15) is 0 Å². The number of aliphatic imine (C=N–C) groups is 1. The molecule has 7 heteroatoms. The maximum Gasteiger partial charge on any atom is 0.191 e. The number of rotatable bonds is 7. The molecule has 154 valence electrons. The summed E-state index contributed by atoms with van der Waals surface area (Å²) < 4.78 is 4.09. The van der Waals surface area contributed by atoms with Crippen molar-refractivity contribution < 1.29 is 0 Å². The Kier molecular flexibility index (Phi) is 6.75. The van der Waals surface area contributed by atoms with Crippen molar-refractivity contribution in [3.05, 3.63) is 34.9 Å². The van der Waals surface area contributed by atoms with Gasteiger partial charge in [-0.2, -0.15) is 10.2 Å². The molecule has 0 aliphatic heterocycles. The second-order valence-corrected chi connectivity index (χ2v) is 7.94. The quantitative estimate of drug-likeness (QED) is 0.568. The molecule has 0 spiro atoms. The van der Waals surface area contributed by atoms with Crippen LogP contribution in [0.2, 0.25) is 0 Å². The Morgan fingerprint density at radius 3 is 2.68 bits per heavy atom. The van der Waals surface area contributed by atoms with Crippen LogP contribution in [0, 0.1) is 13.8 Å². The molecule has 0 aromatic carbocycles. The molecule has 2 N–H and O–H groups in total. The number of nitrogens with one attached hydrogen (secondary N) is 2. The minimum atomic E-state index is 0.260. The first-order chi connectivity index (χ1) is 13.5. The van der Waals surface area contributed by atoms with Crippen LogP contribution in [0.4, 0.5) is 0 Å². The molecule has 7 nitrogen and oxygen atoms in total. The summed E-state index contributed by atoms with van der Waals surface area (Å²) in [5, 5.41) is 16.1. The molecule has 1 unspecified atom stereocenters. The van der Waals surface area contributed by atoms with Crippen LogP contribution in [-0.2, 0) is 20.0 Å². The van der Waals surface area contributed by atoms with Crippen LogP contribution in [-0.4, -0.2) is 38.1 Å². The van der Waals surface area contributed by atoms with Gasteiger partial charge in [-0.1, -0.05) is 12.8 Å². The van der Waals surface area contributed by atoms with Crippen LogP contribution in [0.25, 0.3) is 0 Å². The van der Waals surface area contributed by atoms with Crippen molar-refractivity contribution in [3.8, 4) is 0 Å². The van der Waals surface area contributed by atoms with Crippen LogP contribution < -0.4 is 10.6 Å². The SMILES string of the molecule is CCNC(=NCc1ccn(C2CCCC2)n1)NC(C)Cc1c(C)nn(C)c1C. The van der Waals surface area contributed by atoms with E-state index < -0.39 is 0 Å². The van der Waals surface area contributed by atoms with Crippen LogP contribution in [0.3, 0.4) is 0 Å². The van der Waals surface area contributed by atoms with Gasteiger partial charge in [0.2, 0.25) is 0 Å². The average Bonchev–Trinajstić information content (AvgIpc) is 3.38. The molecular formula is C21H35N7. The predicted octanol–water partition coefficient (Wildman–Crippen LogP) is 3.03. The van der Waals surface area contributed by atoms with Crippen molar-refractivity contribution in [1.29, 1.82) is 0 Å². The molecule has 1 aliphatic rings. The second-order valence-electron chi connectivity index (χ2n) is 7.94. The zero-order chi connectivity index (χ0) is 20.1. The summed E-state index contributed by atoms with van der Waals surface area (Å²) in [7, 11) is 2.00. The van der Waals surface area contributed by atoms with Gasteiger partial charge in [0.05, 0.1) is 24.0 Å². The zero-order valence-electron chi connectivity index (χ0n) is 18.0. The maximum absolute atomic E-state index is 4.75. The monoisotopic (exact) mass is 385 g/mol. The Balaban J connectivity index is 1.60. The van der Waals surface area contributed by atoms with Crippen molar-refractivity contribution >= 4 is 5.96 Å². The lowest BCUT2D eigenvalue weighted by atomic mass is 10.1. The first-order valence-corrected chi connectivity index (χ1v) is 10.6. The fourth-order valence-electron chi connectivity index (χ4n) is 4.02. The number of aromatic nitrogens is 4. The number of hydrogen-bond donors (Lipinski definition) is 2. The van der Waals surface area contributed by atoms with Crippen molar-refractivity contribution in [1.82, 2.24) is 30.2 Å². The Morgan fingerprint density at radius 1 is 1.29 bits per heavy atom. The summed E-state index contributed by atoms with van der Waals surface area (Å²) in [4.78, 5) is 4.75.